The molecule has 7 rings (SSSR count). The van der Waals surface area contributed by atoms with E-state index in [1.807, 2.05) is 115 Å². The molecule has 6 heteroatoms. The Labute approximate surface area is 212 Å². The molecule has 3 aromatic heterocycles. The maximum Gasteiger partial charge on any atom is 0.201 e. The third-order valence-corrected chi connectivity index (χ3v) is 6.17. The Morgan fingerprint density at radius 3 is 1.51 bits per heavy atom. The lowest BCUT2D eigenvalue weighted by molar-refractivity contribution is 0.667. The van der Waals surface area contributed by atoms with Crippen LogP contribution in [0, 0.1) is 0 Å². The van der Waals surface area contributed by atoms with E-state index in [-0.39, 0.29) is 0 Å². The van der Waals surface area contributed by atoms with Crippen molar-refractivity contribution in [3.63, 3.8) is 0 Å². The van der Waals surface area contributed by atoms with Crippen LogP contribution in [0.25, 0.3) is 67.8 Å². The average Bonchev–Trinajstić information content (AvgIpc) is 3.36. The molecule has 0 atom stereocenters. The van der Waals surface area contributed by atoms with Crippen molar-refractivity contribution in [2.45, 2.75) is 0 Å². The summed E-state index contributed by atoms with van der Waals surface area (Å²) >= 11 is 0. The van der Waals surface area contributed by atoms with Crippen molar-refractivity contribution in [3.05, 3.63) is 115 Å². The van der Waals surface area contributed by atoms with Gasteiger partial charge in [0.25, 0.3) is 0 Å². The maximum atomic E-state index is 6.24. The van der Waals surface area contributed by atoms with Crippen molar-refractivity contribution >= 4 is 22.1 Å². The summed E-state index contributed by atoms with van der Waals surface area (Å²) in [5.41, 5.74) is 5.52. The first-order valence-corrected chi connectivity index (χ1v) is 12.0. The van der Waals surface area contributed by atoms with Crippen LogP contribution < -0.4 is 0 Å². The van der Waals surface area contributed by atoms with E-state index < -0.39 is 0 Å². The van der Waals surface area contributed by atoms with Crippen LogP contribution in [0.2, 0.25) is 0 Å². The van der Waals surface area contributed by atoms with Gasteiger partial charge < -0.3 is 4.42 Å². The Hall–Kier alpha value is -5.23. The zero-order chi connectivity index (χ0) is 24.6. The number of hydrogen-bond acceptors (Lipinski definition) is 6. The largest absolute Gasteiger partial charge is 0.452 e. The fraction of sp³-hybridized carbons (Fsp3) is 0. The van der Waals surface area contributed by atoms with Crippen LogP contribution in [-0.2, 0) is 0 Å². The predicted octanol–water partition coefficient (Wildman–Crippen LogP) is 7.23. The van der Waals surface area contributed by atoms with Crippen molar-refractivity contribution in [2.75, 3.05) is 0 Å². The fourth-order valence-electron chi connectivity index (χ4n) is 4.39. The standard InChI is InChI=1S/C31H19N5O/c1-4-12-20(13-5-1)25-27-26(23-18-10-11-19-24(23)37-27)33-30(32-25)31-35-28(21-14-6-2-7-15-21)34-29(36-31)22-16-8-3-9-17-22/h1-19H. The molecule has 7 aromatic rings. The summed E-state index contributed by atoms with van der Waals surface area (Å²) in [6, 6.07) is 37.6. The lowest BCUT2D eigenvalue weighted by Gasteiger charge is -2.09. The Bertz CT molecular complexity index is 1810. The van der Waals surface area contributed by atoms with Gasteiger partial charge in [-0.25, -0.2) is 24.9 Å². The van der Waals surface area contributed by atoms with Crippen LogP contribution in [-0.4, -0.2) is 24.9 Å². The minimum Gasteiger partial charge on any atom is -0.452 e. The first-order valence-electron chi connectivity index (χ1n) is 12.0. The molecule has 0 N–H and O–H groups in total. The molecule has 0 aliphatic carbocycles. The Kier molecular flexibility index (Phi) is 5.00. The zero-order valence-corrected chi connectivity index (χ0v) is 19.6. The molecule has 0 saturated carbocycles. The molecule has 37 heavy (non-hydrogen) atoms. The van der Waals surface area contributed by atoms with Crippen molar-refractivity contribution in [1.29, 1.82) is 0 Å². The molecule has 0 unspecified atom stereocenters. The Morgan fingerprint density at radius 1 is 0.405 bits per heavy atom. The summed E-state index contributed by atoms with van der Waals surface area (Å²) in [5, 5.41) is 0.916. The summed E-state index contributed by atoms with van der Waals surface area (Å²) in [6.45, 7) is 0. The van der Waals surface area contributed by atoms with E-state index in [0.717, 1.165) is 33.2 Å². The predicted molar refractivity (Wildman–Crippen MR) is 144 cm³/mol. The lowest BCUT2D eigenvalue weighted by Crippen LogP contribution is -2.03. The molecular formula is C31H19N5O. The molecular weight excluding hydrogens is 458 g/mol. The lowest BCUT2D eigenvalue weighted by atomic mass is 10.1. The van der Waals surface area contributed by atoms with Gasteiger partial charge in [-0.2, -0.15) is 0 Å². The third-order valence-electron chi connectivity index (χ3n) is 6.17. The van der Waals surface area contributed by atoms with Gasteiger partial charge in [-0.3, -0.25) is 0 Å². The minimum absolute atomic E-state index is 0.400. The summed E-state index contributed by atoms with van der Waals surface area (Å²) in [4.78, 5) is 24.3. The van der Waals surface area contributed by atoms with Crippen LogP contribution in [0.5, 0.6) is 0 Å². The number of fused-ring (bicyclic) bond motifs is 3. The second-order valence-corrected chi connectivity index (χ2v) is 8.58. The second-order valence-electron chi connectivity index (χ2n) is 8.58. The van der Waals surface area contributed by atoms with Crippen molar-refractivity contribution in [1.82, 2.24) is 24.9 Å². The first-order chi connectivity index (χ1) is 18.3. The van der Waals surface area contributed by atoms with Gasteiger partial charge in [0.15, 0.2) is 23.1 Å². The number of furan rings is 1. The summed E-state index contributed by atoms with van der Waals surface area (Å²) in [6.07, 6.45) is 0. The van der Waals surface area contributed by atoms with E-state index in [1.54, 1.807) is 0 Å². The summed E-state index contributed by atoms with van der Waals surface area (Å²) in [5.74, 6) is 1.93. The Morgan fingerprint density at radius 2 is 0.892 bits per heavy atom. The number of benzene rings is 4. The molecule has 0 radical (unpaired) electrons. The van der Waals surface area contributed by atoms with Gasteiger partial charge in [-0.15, -0.1) is 0 Å². The SMILES string of the molecule is c1ccc(-c2nc(-c3ccccc3)nc(-c3nc(-c4ccccc4)c4oc5ccccc5c4n3)n2)cc1. The van der Waals surface area contributed by atoms with E-state index in [0.29, 0.717) is 34.6 Å². The molecule has 0 saturated heterocycles. The van der Waals surface area contributed by atoms with E-state index >= 15 is 0 Å². The van der Waals surface area contributed by atoms with Crippen LogP contribution in [0.1, 0.15) is 0 Å². The van der Waals surface area contributed by atoms with Crippen LogP contribution in [0.3, 0.4) is 0 Å². The molecule has 0 amide bonds. The summed E-state index contributed by atoms with van der Waals surface area (Å²) in [7, 11) is 0. The molecule has 0 aliphatic rings. The highest BCUT2D eigenvalue weighted by Crippen LogP contribution is 2.35. The summed E-state index contributed by atoms with van der Waals surface area (Å²) < 4.78 is 6.24. The van der Waals surface area contributed by atoms with E-state index in [1.165, 1.54) is 0 Å². The topological polar surface area (TPSA) is 77.6 Å². The third kappa shape index (κ3) is 3.81. The molecule has 0 fully saturated rings. The molecule has 174 valence electrons. The zero-order valence-electron chi connectivity index (χ0n) is 19.6. The highest BCUT2D eigenvalue weighted by atomic mass is 16.3. The minimum atomic E-state index is 0.400. The van der Waals surface area contributed by atoms with Gasteiger partial charge in [-0.1, -0.05) is 103 Å². The van der Waals surface area contributed by atoms with Gasteiger partial charge in [-0.05, 0) is 12.1 Å². The van der Waals surface area contributed by atoms with Gasteiger partial charge in [0.05, 0.1) is 0 Å². The van der Waals surface area contributed by atoms with Crippen LogP contribution >= 0.6 is 0 Å². The highest BCUT2D eigenvalue weighted by Gasteiger charge is 2.20. The molecule has 0 bridgehead atoms. The number of nitrogens with zero attached hydrogens (tertiary/aromatic N) is 5. The van der Waals surface area contributed by atoms with E-state index in [9.17, 15) is 0 Å². The molecule has 0 spiro atoms. The van der Waals surface area contributed by atoms with Crippen LogP contribution in [0.15, 0.2) is 120 Å². The van der Waals surface area contributed by atoms with Crippen molar-refractivity contribution in [3.8, 4) is 45.7 Å². The first kappa shape index (κ1) is 21.1. The monoisotopic (exact) mass is 477 g/mol. The number of hydrogen-bond donors (Lipinski definition) is 0. The van der Waals surface area contributed by atoms with Crippen molar-refractivity contribution in [2.24, 2.45) is 0 Å². The molecule has 6 nitrogen and oxygen atoms in total. The van der Waals surface area contributed by atoms with Gasteiger partial charge in [0.1, 0.15) is 16.8 Å². The normalized spacial score (nSPS) is 11.2. The van der Waals surface area contributed by atoms with Gasteiger partial charge in [0.2, 0.25) is 5.82 Å². The fourth-order valence-corrected chi connectivity index (χ4v) is 4.39. The molecule has 3 heterocycles. The van der Waals surface area contributed by atoms with E-state index in [4.69, 9.17) is 29.3 Å². The maximum absolute atomic E-state index is 6.24. The number of para-hydroxylation sites is 1. The number of aromatic nitrogens is 5. The average molecular weight is 478 g/mol. The van der Waals surface area contributed by atoms with E-state index in [2.05, 4.69) is 0 Å². The van der Waals surface area contributed by atoms with Gasteiger partial charge >= 0.3 is 0 Å². The smallest absolute Gasteiger partial charge is 0.201 e. The number of rotatable bonds is 4. The molecule has 4 aromatic carbocycles. The molecule has 0 aliphatic heterocycles. The quantitative estimate of drug-likeness (QED) is 0.266. The Balaban J connectivity index is 1.52. The second kappa shape index (κ2) is 8.77. The van der Waals surface area contributed by atoms with Gasteiger partial charge in [0, 0.05) is 22.1 Å². The van der Waals surface area contributed by atoms with Crippen LogP contribution in [0.4, 0.5) is 0 Å². The highest BCUT2D eigenvalue weighted by molar-refractivity contribution is 6.06. The van der Waals surface area contributed by atoms with Crippen molar-refractivity contribution < 1.29 is 4.42 Å².